The quantitative estimate of drug-likeness (QED) is 0.217. The van der Waals surface area contributed by atoms with Gasteiger partial charge in [0.05, 0.1) is 37.2 Å². The second kappa shape index (κ2) is 15.2. The minimum atomic E-state index is -3.49. The lowest BCUT2D eigenvalue weighted by Gasteiger charge is -2.40. The van der Waals surface area contributed by atoms with Gasteiger partial charge in [0.15, 0.2) is 5.60 Å². The molecule has 0 radical (unpaired) electrons. The summed E-state index contributed by atoms with van der Waals surface area (Å²) < 4.78 is 46.4. The van der Waals surface area contributed by atoms with Crippen LogP contribution in [-0.4, -0.2) is 108 Å². The third kappa shape index (κ3) is 10.2. The van der Waals surface area contributed by atoms with Crippen LogP contribution in [0.25, 0.3) is 0 Å². The van der Waals surface area contributed by atoms with E-state index in [2.05, 4.69) is 27.8 Å². The molecule has 0 saturated carbocycles. The molecule has 0 bridgehead atoms. The lowest BCUT2D eigenvalue weighted by Crippen LogP contribution is -2.46. The van der Waals surface area contributed by atoms with E-state index in [1.54, 1.807) is 14.1 Å². The molecule has 0 aliphatic carbocycles. The van der Waals surface area contributed by atoms with Crippen molar-refractivity contribution >= 4 is 39.5 Å². The first kappa shape index (κ1) is 37.3. The zero-order valence-electron chi connectivity index (χ0n) is 26.3. The van der Waals surface area contributed by atoms with Gasteiger partial charge in [-0.1, -0.05) is 24.3 Å². The number of ether oxygens (including phenoxy) is 1. The molecule has 2 aliphatic rings. The molecule has 4 rings (SSSR count). The van der Waals surface area contributed by atoms with E-state index in [9.17, 15) is 32.0 Å². The Bertz CT molecular complexity index is 1570. The van der Waals surface area contributed by atoms with Crippen molar-refractivity contribution in [1.82, 2.24) is 9.80 Å². The minimum absolute atomic E-state index is 0.0800. The molecule has 2 heterocycles. The first-order valence-electron chi connectivity index (χ1n) is 14.7. The maximum atomic E-state index is 14.6. The molecule has 2 aromatic carbocycles. The van der Waals surface area contributed by atoms with Crippen LogP contribution in [0.3, 0.4) is 0 Å². The van der Waals surface area contributed by atoms with Crippen LogP contribution >= 0.6 is 0 Å². The van der Waals surface area contributed by atoms with E-state index in [1.165, 1.54) is 34.2 Å². The van der Waals surface area contributed by atoms with Crippen molar-refractivity contribution in [2.24, 2.45) is 5.92 Å². The Balaban J connectivity index is 0.000000392. The zero-order chi connectivity index (χ0) is 35.2. The molecule has 14 nitrogen and oxygen atoms in total. The summed E-state index contributed by atoms with van der Waals surface area (Å²) in [4.78, 5) is 47.3. The molecule has 1 atom stereocenters. The Morgan fingerprint density at radius 2 is 1.64 bits per heavy atom. The summed E-state index contributed by atoms with van der Waals surface area (Å²) in [5.74, 6) is -6.01. The Hall–Kier alpha value is -4.12. The molecule has 2 aromatic rings. The third-order valence-corrected chi connectivity index (χ3v) is 8.65. The van der Waals surface area contributed by atoms with Gasteiger partial charge in [-0.15, -0.1) is 0 Å². The number of piperidine rings is 1. The van der Waals surface area contributed by atoms with Gasteiger partial charge >= 0.3 is 17.9 Å². The van der Waals surface area contributed by atoms with E-state index < -0.39 is 58.1 Å². The monoisotopic (exact) mass is 681 g/mol. The van der Waals surface area contributed by atoms with E-state index in [4.69, 9.17) is 25.2 Å². The first-order chi connectivity index (χ1) is 21.8. The number of carbonyl (C=O) groups excluding carboxylic acids is 1. The molecule has 1 saturated heterocycles. The largest absolute Gasteiger partial charge is 0.481 e. The average molecular weight is 682 g/mol. The van der Waals surface area contributed by atoms with E-state index in [1.807, 2.05) is 6.07 Å². The molecular formula is C31H40FN3O11S. The van der Waals surface area contributed by atoms with Crippen LogP contribution in [0.5, 0.6) is 0 Å². The number of carboxylic acids is 3. The highest BCUT2D eigenvalue weighted by molar-refractivity contribution is 7.92. The number of fused-ring (bicyclic) bond motifs is 2. The molecule has 1 unspecified atom stereocenters. The van der Waals surface area contributed by atoms with Crippen LogP contribution < -0.4 is 4.72 Å². The molecular weight excluding hydrogens is 641 g/mol. The third-order valence-electron chi connectivity index (χ3n) is 8.05. The van der Waals surface area contributed by atoms with Crippen molar-refractivity contribution in [1.29, 1.82) is 0 Å². The van der Waals surface area contributed by atoms with E-state index in [0.717, 1.165) is 32.2 Å². The van der Waals surface area contributed by atoms with Crippen LogP contribution in [0.15, 0.2) is 42.5 Å². The number of likely N-dealkylation sites (tertiary alicyclic amines) is 1. The van der Waals surface area contributed by atoms with Crippen LogP contribution in [0.2, 0.25) is 0 Å². The zero-order valence-corrected chi connectivity index (χ0v) is 27.1. The molecule has 1 fully saturated rings. The molecule has 258 valence electrons. The van der Waals surface area contributed by atoms with Gasteiger partial charge in [-0.25, -0.2) is 17.6 Å². The van der Waals surface area contributed by atoms with E-state index in [-0.39, 0.29) is 23.6 Å². The Labute approximate surface area is 271 Å². The number of nitrogens with one attached hydrogen (secondary N) is 1. The lowest BCUT2D eigenvalue weighted by molar-refractivity contribution is -0.170. The number of sulfonamides is 1. The number of hydrogen-bond acceptors (Lipinski definition) is 9. The average Bonchev–Trinajstić information content (AvgIpc) is 3.31. The number of nitrogens with zero attached hydrogens (tertiary/aromatic N) is 2. The second-order valence-electron chi connectivity index (χ2n) is 12.0. The molecule has 0 aromatic heterocycles. The fourth-order valence-corrected chi connectivity index (χ4v) is 6.34. The standard InChI is InChI=1S/C25H32FN3O4S.C6H8O7/c1-28(2)24(30)20(14-19-15-21(8-9-23(19)26)27-34(3,31)32)16-29-12-10-25(11-13-29)22-7-5-4-6-18(22)17-33-25;7-3(8)1-6(13,5(11)12)2-4(9)10/h4-9,15,20,27H,10-14,16-17H2,1-3H3;13H,1-2H2,(H,7,8)(H,9,10)(H,11,12). The number of benzene rings is 2. The topological polar surface area (TPSA) is 211 Å². The van der Waals surface area contributed by atoms with Crippen LogP contribution in [-0.2, 0) is 52.6 Å². The van der Waals surface area contributed by atoms with Crippen molar-refractivity contribution in [3.63, 3.8) is 0 Å². The highest BCUT2D eigenvalue weighted by Gasteiger charge is 2.43. The van der Waals surface area contributed by atoms with Crippen molar-refractivity contribution in [2.45, 2.75) is 49.9 Å². The van der Waals surface area contributed by atoms with Crippen molar-refractivity contribution in [3.8, 4) is 0 Å². The normalized spacial score (nSPS) is 16.4. The Morgan fingerprint density at radius 1 is 1.04 bits per heavy atom. The number of carbonyl (C=O) groups is 4. The van der Waals surface area contributed by atoms with Gasteiger partial charge < -0.3 is 35.0 Å². The number of hydrogen-bond donors (Lipinski definition) is 5. The molecule has 1 amide bonds. The number of aliphatic carboxylic acids is 3. The number of rotatable bonds is 12. The number of aliphatic hydroxyl groups is 1. The van der Waals surface area contributed by atoms with Gasteiger partial charge in [-0.2, -0.15) is 0 Å². The van der Waals surface area contributed by atoms with Gasteiger partial charge in [0.2, 0.25) is 15.9 Å². The maximum Gasteiger partial charge on any atom is 0.336 e. The maximum absolute atomic E-state index is 14.6. The summed E-state index contributed by atoms with van der Waals surface area (Å²) in [6, 6.07) is 12.4. The first-order valence-corrected chi connectivity index (χ1v) is 16.5. The molecule has 1 spiro atoms. The summed E-state index contributed by atoms with van der Waals surface area (Å²) in [7, 11) is -0.0952. The van der Waals surface area contributed by atoms with Crippen molar-refractivity contribution in [3.05, 3.63) is 65.0 Å². The fourth-order valence-electron chi connectivity index (χ4n) is 5.79. The molecule has 16 heteroatoms. The van der Waals surface area contributed by atoms with Crippen molar-refractivity contribution in [2.75, 3.05) is 44.7 Å². The minimum Gasteiger partial charge on any atom is -0.481 e. The van der Waals surface area contributed by atoms with Gasteiger partial charge in [0.1, 0.15) is 5.82 Å². The van der Waals surface area contributed by atoms with E-state index in [0.29, 0.717) is 18.7 Å². The number of halogens is 1. The van der Waals surface area contributed by atoms with Crippen LogP contribution in [0.1, 0.15) is 42.4 Å². The number of carboxylic acid groups (broad SMARTS) is 3. The summed E-state index contributed by atoms with van der Waals surface area (Å²) >= 11 is 0. The Kier molecular flexibility index (Phi) is 12.1. The van der Waals surface area contributed by atoms with Gasteiger partial charge in [0.25, 0.3) is 0 Å². The van der Waals surface area contributed by atoms with Crippen LogP contribution in [0, 0.1) is 11.7 Å². The van der Waals surface area contributed by atoms with Gasteiger partial charge in [0, 0.05) is 39.4 Å². The predicted molar refractivity (Wildman–Crippen MR) is 166 cm³/mol. The fraction of sp³-hybridized carbons (Fsp3) is 0.484. The van der Waals surface area contributed by atoms with E-state index >= 15 is 0 Å². The smallest absolute Gasteiger partial charge is 0.336 e. The molecule has 5 N–H and O–H groups in total. The molecule has 47 heavy (non-hydrogen) atoms. The highest BCUT2D eigenvalue weighted by atomic mass is 32.2. The lowest BCUT2D eigenvalue weighted by atomic mass is 9.83. The van der Waals surface area contributed by atoms with Gasteiger partial charge in [-0.3, -0.25) is 19.1 Å². The SMILES string of the molecule is CN(C)C(=O)C(Cc1cc(NS(C)(=O)=O)ccc1F)CN1CCC2(CC1)OCc1ccccc12.O=C(O)CC(O)(CC(=O)O)C(=O)O. The second-order valence-corrected chi connectivity index (χ2v) is 13.8. The number of amides is 1. The summed E-state index contributed by atoms with van der Waals surface area (Å²) in [6.45, 7) is 2.69. The summed E-state index contributed by atoms with van der Waals surface area (Å²) in [6.07, 6.45) is 0.625. The summed E-state index contributed by atoms with van der Waals surface area (Å²) in [5.41, 5.74) is 0.119. The molecule has 2 aliphatic heterocycles. The van der Waals surface area contributed by atoms with Gasteiger partial charge in [-0.05, 0) is 54.2 Å². The Morgan fingerprint density at radius 3 is 2.17 bits per heavy atom. The predicted octanol–water partition coefficient (Wildman–Crippen LogP) is 1.72. The number of anilines is 1. The van der Waals surface area contributed by atoms with Crippen molar-refractivity contribution < 1.29 is 57.1 Å². The highest BCUT2D eigenvalue weighted by Crippen LogP contribution is 2.44. The summed E-state index contributed by atoms with van der Waals surface area (Å²) in [5, 5.41) is 33.8. The van der Waals surface area contributed by atoms with Crippen LogP contribution in [0.4, 0.5) is 10.1 Å².